The van der Waals surface area contributed by atoms with Crippen molar-refractivity contribution in [3.63, 3.8) is 0 Å². The van der Waals surface area contributed by atoms with Gasteiger partial charge in [-0.1, -0.05) is 29.8 Å². The zero-order valence-corrected chi connectivity index (χ0v) is 16.1. The lowest BCUT2D eigenvalue weighted by Gasteiger charge is -2.32. The smallest absolute Gasteiger partial charge is 0.246 e. The van der Waals surface area contributed by atoms with Crippen LogP contribution in [0.5, 0.6) is 0 Å². The summed E-state index contributed by atoms with van der Waals surface area (Å²) in [6.45, 7) is 3.83. The summed E-state index contributed by atoms with van der Waals surface area (Å²) in [5.41, 5.74) is 2.70. The molecular weight excluding hydrogens is 354 g/mol. The van der Waals surface area contributed by atoms with Gasteiger partial charge < -0.3 is 9.32 Å². The van der Waals surface area contributed by atoms with Crippen molar-refractivity contribution in [1.82, 2.24) is 25.1 Å². The number of piperidine rings is 1. The van der Waals surface area contributed by atoms with Gasteiger partial charge in [-0.25, -0.2) is 0 Å². The summed E-state index contributed by atoms with van der Waals surface area (Å²) >= 11 is 0. The summed E-state index contributed by atoms with van der Waals surface area (Å²) in [4.78, 5) is 15.8. The molecule has 0 N–H and O–H groups in total. The number of tetrazole rings is 1. The molecular formula is C21H25N5O2. The summed E-state index contributed by atoms with van der Waals surface area (Å²) in [5, 5.41) is 12.1. The Hall–Kier alpha value is -2.96. The molecule has 2 aromatic heterocycles. The first-order valence-corrected chi connectivity index (χ1v) is 9.82. The number of carbonyl (C=O) groups excluding carboxylic acids is 1. The molecule has 3 heterocycles. The average Bonchev–Trinajstić information content (AvgIpc) is 3.40. The van der Waals surface area contributed by atoms with E-state index in [0.29, 0.717) is 17.5 Å². The van der Waals surface area contributed by atoms with Gasteiger partial charge in [0.2, 0.25) is 11.7 Å². The number of benzene rings is 1. The fourth-order valence-electron chi connectivity index (χ4n) is 3.63. The molecule has 0 atom stereocenters. The van der Waals surface area contributed by atoms with Crippen LogP contribution < -0.4 is 0 Å². The molecule has 0 radical (unpaired) electrons. The largest absolute Gasteiger partial charge is 0.461 e. The highest BCUT2D eigenvalue weighted by atomic mass is 16.3. The monoisotopic (exact) mass is 379 g/mol. The number of amides is 1. The van der Waals surface area contributed by atoms with Crippen molar-refractivity contribution < 1.29 is 9.21 Å². The molecule has 1 aromatic carbocycles. The first-order valence-electron chi connectivity index (χ1n) is 9.82. The Morgan fingerprint density at radius 2 is 1.96 bits per heavy atom. The molecule has 1 amide bonds. The van der Waals surface area contributed by atoms with E-state index in [-0.39, 0.29) is 12.5 Å². The van der Waals surface area contributed by atoms with Crippen LogP contribution >= 0.6 is 0 Å². The Labute approximate surface area is 164 Å². The Morgan fingerprint density at radius 1 is 1.18 bits per heavy atom. The number of carbonyl (C=O) groups is 1. The van der Waals surface area contributed by atoms with E-state index < -0.39 is 0 Å². The van der Waals surface area contributed by atoms with Gasteiger partial charge in [0, 0.05) is 13.1 Å². The third kappa shape index (κ3) is 4.47. The highest BCUT2D eigenvalue weighted by Crippen LogP contribution is 2.23. The maximum absolute atomic E-state index is 12.6. The standard InChI is InChI=1S/C21H25N5O2/c1-16-4-6-17(7-5-16)8-9-18-10-12-25(13-11-18)20(27)15-26-23-21(22-24-26)19-3-2-14-28-19/h2-7,14,18H,8-13,15H2,1H3. The average molecular weight is 379 g/mol. The second kappa shape index (κ2) is 8.37. The summed E-state index contributed by atoms with van der Waals surface area (Å²) in [7, 11) is 0. The highest BCUT2D eigenvalue weighted by Gasteiger charge is 2.23. The Morgan fingerprint density at radius 3 is 2.68 bits per heavy atom. The Kier molecular flexibility index (Phi) is 5.50. The molecule has 0 spiro atoms. The maximum atomic E-state index is 12.6. The van der Waals surface area contributed by atoms with Gasteiger partial charge in [0.1, 0.15) is 6.54 Å². The van der Waals surface area contributed by atoms with Crippen LogP contribution in [0.1, 0.15) is 30.4 Å². The van der Waals surface area contributed by atoms with Crippen molar-refractivity contribution in [1.29, 1.82) is 0 Å². The van der Waals surface area contributed by atoms with Crippen molar-refractivity contribution in [2.24, 2.45) is 5.92 Å². The number of nitrogens with zero attached hydrogens (tertiary/aromatic N) is 5. The molecule has 0 aliphatic carbocycles. The number of aromatic nitrogens is 4. The van der Waals surface area contributed by atoms with E-state index in [4.69, 9.17) is 4.42 Å². The Bertz CT molecular complexity index is 893. The highest BCUT2D eigenvalue weighted by molar-refractivity contribution is 5.75. The topological polar surface area (TPSA) is 77.0 Å². The van der Waals surface area contributed by atoms with Crippen molar-refractivity contribution in [3.05, 3.63) is 53.8 Å². The van der Waals surface area contributed by atoms with Crippen LogP contribution in [0.25, 0.3) is 11.6 Å². The van der Waals surface area contributed by atoms with Gasteiger partial charge in [0.05, 0.1) is 6.26 Å². The minimum Gasteiger partial charge on any atom is -0.461 e. The molecule has 4 rings (SSSR count). The van der Waals surface area contributed by atoms with Gasteiger partial charge in [0.15, 0.2) is 5.76 Å². The molecule has 0 bridgehead atoms. The SMILES string of the molecule is Cc1ccc(CCC2CCN(C(=O)Cn3nnc(-c4ccco4)n3)CC2)cc1. The zero-order chi connectivity index (χ0) is 19.3. The summed E-state index contributed by atoms with van der Waals surface area (Å²) in [6, 6.07) is 12.3. The van der Waals surface area contributed by atoms with E-state index >= 15 is 0 Å². The van der Waals surface area contributed by atoms with Crippen molar-refractivity contribution in [2.75, 3.05) is 13.1 Å². The number of furan rings is 1. The van der Waals surface area contributed by atoms with Crippen LogP contribution in [0.3, 0.4) is 0 Å². The lowest BCUT2D eigenvalue weighted by molar-refractivity contribution is -0.133. The predicted octanol–water partition coefficient (Wildman–Crippen LogP) is 3.11. The first-order chi connectivity index (χ1) is 13.7. The summed E-state index contributed by atoms with van der Waals surface area (Å²) in [6.07, 6.45) is 5.96. The molecule has 1 fully saturated rings. The van der Waals surface area contributed by atoms with Crippen LogP contribution in [0.15, 0.2) is 47.1 Å². The fraction of sp³-hybridized carbons (Fsp3) is 0.429. The second-order valence-electron chi connectivity index (χ2n) is 7.47. The van der Waals surface area contributed by atoms with Crippen LogP contribution in [0.4, 0.5) is 0 Å². The first kappa shape index (κ1) is 18.4. The van der Waals surface area contributed by atoms with E-state index in [1.54, 1.807) is 18.4 Å². The molecule has 28 heavy (non-hydrogen) atoms. The number of likely N-dealkylation sites (tertiary alicyclic amines) is 1. The van der Waals surface area contributed by atoms with Crippen molar-refractivity contribution in [2.45, 2.75) is 39.2 Å². The van der Waals surface area contributed by atoms with Gasteiger partial charge >= 0.3 is 0 Å². The van der Waals surface area contributed by atoms with E-state index in [1.165, 1.54) is 22.3 Å². The number of aryl methyl sites for hydroxylation is 2. The van der Waals surface area contributed by atoms with Gasteiger partial charge in [-0.3, -0.25) is 4.79 Å². The third-order valence-electron chi connectivity index (χ3n) is 5.40. The van der Waals surface area contributed by atoms with E-state index in [0.717, 1.165) is 32.4 Å². The molecule has 1 saturated heterocycles. The maximum Gasteiger partial charge on any atom is 0.246 e. The van der Waals surface area contributed by atoms with Crippen LogP contribution in [0.2, 0.25) is 0 Å². The molecule has 1 aliphatic heterocycles. The van der Waals surface area contributed by atoms with Gasteiger partial charge in [-0.05, 0) is 61.4 Å². The van der Waals surface area contributed by atoms with Crippen molar-refractivity contribution in [3.8, 4) is 11.6 Å². The molecule has 146 valence electrons. The number of rotatable bonds is 6. The van der Waals surface area contributed by atoms with Gasteiger partial charge in [0.25, 0.3) is 0 Å². The van der Waals surface area contributed by atoms with Gasteiger partial charge in [-0.15, -0.1) is 10.2 Å². The lowest BCUT2D eigenvalue weighted by atomic mass is 9.90. The molecule has 3 aromatic rings. The molecule has 7 heteroatoms. The van der Waals surface area contributed by atoms with E-state index in [2.05, 4.69) is 46.6 Å². The van der Waals surface area contributed by atoms with E-state index in [1.807, 2.05) is 4.90 Å². The minimum atomic E-state index is 0.0420. The molecule has 1 aliphatic rings. The molecule has 0 saturated carbocycles. The molecule has 0 unspecified atom stereocenters. The Balaban J connectivity index is 1.23. The number of hydrogen-bond acceptors (Lipinski definition) is 5. The van der Waals surface area contributed by atoms with Crippen LogP contribution in [-0.4, -0.2) is 44.1 Å². The van der Waals surface area contributed by atoms with Crippen LogP contribution in [-0.2, 0) is 17.8 Å². The van der Waals surface area contributed by atoms with Crippen molar-refractivity contribution >= 4 is 5.91 Å². The minimum absolute atomic E-state index is 0.0420. The quantitative estimate of drug-likeness (QED) is 0.658. The summed E-state index contributed by atoms with van der Waals surface area (Å²) in [5.74, 6) is 1.67. The van der Waals surface area contributed by atoms with E-state index in [9.17, 15) is 4.79 Å². The van der Waals surface area contributed by atoms with Gasteiger partial charge in [-0.2, -0.15) is 4.80 Å². The fourth-order valence-corrected chi connectivity index (χ4v) is 3.63. The third-order valence-corrected chi connectivity index (χ3v) is 5.40. The molecule has 7 nitrogen and oxygen atoms in total. The summed E-state index contributed by atoms with van der Waals surface area (Å²) < 4.78 is 5.25. The second-order valence-corrected chi connectivity index (χ2v) is 7.47. The van der Waals surface area contributed by atoms with Crippen LogP contribution in [0, 0.1) is 12.8 Å². The lowest BCUT2D eigenvalue weighted by Crippen LogP contribution is -2.40. The predicted molar refractivity (Wildman–Crippen MR) is 104 cm³/mol. The zero-order valence-electron chi connectivity index (χ0n) is 16.1. The number of hydrogen-bond donors (Lipinski definition) is 0. The normalized spacial score (nSPS) is 15.1.